The van der Waals surface area contributed by atoms with Crippen LogP contribution in [0.3, 0.4) is 0 Å². The highest BCUT2D eigenvalue weighted by atomic mass is 32.2. The number of hydrogen-bond acceptors (Lipinski definition) is 3. The van der Waals surface area contributed by atoms with Crippen LogP contribution in [-0.4, -0.2) is 33.9 Å². The molecule has 0 aliphatic carbocycles. The van der Waals surface area contributed by atoms with Gasteiger partial charge in [0.15, 0.2) is 0 Å². The molecule has 0 amide bonds. The van der Waals surface area contributed by atoms with Crippen molar-refractivity contribution in [3.8, 4) is 5.75 Å². The predicted octanol–water partition coefficient (Wildman–Crippen LogP) is 4.25. The minimum atomic E-state index is -0.103. The molecule has 0 aromatic heterocycles. The minimum Gasteiger partial charge on any atom is -0.507 e. The fourth-order valence-electron chi connectivity index (χ4n) is 2.59. The van der Waals surface area contributed by atoms with Gasteiger partial charge in [0.25, 0.3) is 0 Å². The van der Waals surface area contributed by atoms with Gasteiger partial charge in [0.05, 0.1) is 6.21 Å². The first kappa shape index (κ1) is 17.1. The molecule has 1 unspecified atom stereocenters. The Kier molecular flexibility index (Phi) is 4.20. The van der Waals surface area contributed by atoms with Crippen molar-refractivity contribution in [2.75, 3.05) is 13.3 Å². The normalized spacial score (nSPS) is 19.2. The van der Waals surface area contributed by atoms with Gasteiger partial charge in [-0.1, -0.05) is 52.2 Å². The van der Waals surface area contributed by atoms with Crippen LogP contribution >= 0.6 is 10.7 Å². The van der Waals surface area contributed by atoms with E-state index in [9.17, 15) is 5.11 Å². The number of hydrazone groups is 1. The van der Waals surface area contributed by atoms with Crippen molar-refractivity contribution in [2.45, 2.75) is 52.4 Å². The number of phenols is 1. The van der Waals surface area contributed by atoms with Crippen LogP contribution in [0.5, 0.6) is 5.75 Å². The lowest BCUT2D eigenvalue weighted by molar-refractivity contribution is 0.423. The van der Waals surface area contributed by atoms with E-state index in [2.05, 4.69) is 65.0 Å². The Morgan fingerprint density at radius 1 is 1.00 bits per heavy atom. The standard InChI is InChI=1S/C18H28N2OS/c1-17(2,3)13-9-12(15-11-19-20(7)22(15)8)10-14(16(13)21)18(4,5)6/h9-11,21H,1-8H3. The summed E-state index contributed by atoms with van der Waals surface area (Å²) in [6.45, 7) is 12.9. The second kappa shape index (κ2) is 5.41. The molecule has 1 aliphatic rings. The zero-order chi connectivity index (χ0) is 16.9. The maximum absolute atomic E-state index is 10.8. The molecule has 0 fully saturated rings. The predicted molar refractivity (Wildman–Crippen MR) is 99.4 cm³/mol. The molecule has 22 heavy (non-hydrogen) atoms. The Labute approximate surface area is 137 Å². The van der Waals surface area contributed by atoms with Crippen LogP contribution in [0.25, 0.3) is 0 Å². The Morgan fingerprint density at radius 2 is 1.45 bits per heavy atom. The molecular weight excluding hydrogens is 292 g/mol. The van der Waals surface area contributed by atoms with Crippen molar-refractivity contribution >= 4 is 21.7 Å². The highest BCUT2D eigenvalue weighted by Gasteiger charge is 2.27. The van der Waals surface area contributed by atoms with Crippen LogP contribution in [0.1, 0.15) is 58.2 Å². The van der Waals surface area contributed by atoms with Gasteiger partial charge >= 0.3 is 0 Å². The summed E-state index contributed by atoms with van der Waals surface area (Å²) in [6, 6.07) is 4.27. The Balaban J connectivity index is 2.75. The quantitative estimate of drug-likeness (QED) is 0.785. The molecule has 4 heteroatoms. The topological polar surface area (TPSA) is 35.8 Å². The Hall–Kier alpha value is -1.29. The van der Waals surface area contributed by atoms with Gasteiger partial charge in [0.1, 0.15) is 5.75 Å². The molecular formula is C18H28N2OS. The second-order valence-electron chi connectivity index (χ2n) is 7.97. The van der Waals surface area contributed by atoms with E-state index in [1.54, 1.807) is 0 Å². The van der Waals surface area contributed by atoms with Crippen LogP contribution in [0.4, 0.5) is 0 Å². The third-order valence-electron chi connectivity index (χ3n) is 4.06. The van der Waals surface area contributed by atoms with E-state index in [1.807, 2.05) is 17.7 Å². The van der Waals surface area contributed by atoms with Crippen LogP contribution < -0.4 is 0 Å². The summed E-state index contributed by atoms with van der Waals surface area (Å²) in [4.78, 5) is 1.23. The van der Waals surface area contributed by atoms with Crippen molar-refractivity contribution < 1.29 is 5.11 Å². The van der Waals surface area contributed by atoms with Crippen LogP contribution in [0.2, 0.25) is 0 Å². The molecule has 2 rings (SSSR count). The maximum Gasteiger partial charge on any atom is 0.123 e. The average molecular weight is 321 g/mol. The van der Waals surface area contributed by atoms with E-state index in [4.69, 9.17) is 0 Å². The summed E-state index contributed by atoms with van der Waals surface area (Å²) in [6.07, 6.45) is 4.14. The Bertz CT molecular complexity index is 626. The molecule has 122 valence electrons. The fourth-order valence-corrected chi connectivity index (χ4v) is 3.72. The zero-order valence-corrected chi connectivity index (χ0v) is 15.8. The number of rotatable bonds is 1. The van der Waals surface area contributed by atoms with Crippen molar-refractivity contribution in [1.82, 2.24) is 4.41 Å². The van der Waals surface area contributed by atoms with Gasteiger partial charge < -0.3 is 5.11 Å². The fraction of sp³-hybridized carbons (Fsp3) is 0.556. The number of benzene rings is 1. The average Bonchev–Trinajstić information content (AvgIpc) is 2.68. The molecule has 3 nitrogen and oxygen atoms in total. The molecule has 0 radical (unpaired) electrons. The highest BCUT2D eigenvalue weighted by Crippen LogP contribution is 2.40. The van der Waals surface area contributed by atoms with E-state index < -0.39 is 0 Å². The molecule has 0 saturated heterocycles. The summed E-state index contributed by atoms with van der Waals surface area (Å²) in [5.74, 6) is 0.434. The lowest BCUT2D eigenvalue weighted by Crippen LogP contribution is -2.19. The molecule has 1 atom stereocenters. The Morgan fingerprint density at radius 3 is 1.77 bits per heavy atom. The SMILES string of the molecule is CN1N=CC(c2cc(C(C)(C)C)c(O)c(C(C)(C)C)c2)=S1C. The van der Waals surface area contributed by atoms with Crippen molar-refractivity contribution in [3.05, 3.63) is 28.8 Å². The van der Waals surface area contributed by atoms with Gasteiger partial charge in [0, 0.05) is 23.0 Å². The van der Waals surface area contributed by atoms with E-state index in [0.29, 0.717) is 5.75 Å². The molecule has 1 heterocycles. The maximum atomic E-state index is 10.8. The number of nitrogens with zero attached hydrogens (tertiary/aromatic N) is 2. The van der Waals surface area contributed by atoms with E-state index in [-0.39, 0.29) is 21.5 Å². The summed E-state index contributed by atoms with van der Waals surface area (Å²) < 4.78 is 2.00. The third kappa shape index (κ3) is 3.07. The van der Waals surface area contributed by atoms with Crippen LogP contribution in [0.15, 0.2) is 17.2 Å². The lowest BCUT2D eigenvalue weighted by atomic mass is 9.78. The minimum absolute atomic E-state index is 0.0369. The molecule has 1 N–H and O–H groups in total. The summed E-state index contributed by atoms with van der Waals surface area (Å²) in [5.41, 5.74) is 2.97. The molecule has 0 saturated carbocycles. The first-order chi connectivity index (χ1) is 9.93. The molecule has 0 spiro atoms. The first-order valence-electron chi connectivity index (χ1n) is 7.62. The van der Waals surface area contributed by atoms with Crippen molar-refractivity contribution in [1.29, 1.82) is 0 Å². The number of hydrogen-bond donors (Lipinski definition) is 1. The number of phenolic OH excluding ortho intramolecular Hbond substituents is 1. The summed E-state index contributed by atoms with van der Waals surface area (Å²) in [5, 5.41) is 15.2. The first-order valence-corrected chi connectivity index (χ1v) is 9.21. The summed E-state index contributed by atoms with van der Waals surface area (Å²) in [7, 11) is 1.97. The van der Waals surface area contributed by atoms with Gasteiger partial charge in [-0.25, -0.2) is 4.41 Å². The molecule has 1 aromatic rings. The highest BCUT2D eigenvalue weighted by molar-refractivity contribution is 8.14. The van der Waals surface area contributed by atoms with E-state index in [0.717, 1.165) is 11.1 Å². The van der Waals surface area contributed by atoms with E-state index in [1.165, 1.54) is 10.4 Å². The largest absolute Gasteiger partial charge is 0.507 e. The zero-order valence-electron chi connectivity index (χ0n) is 15.0. The van der Waals surface area contributed by atoms with Crippen LogP contribution in [0, 0.1) is 0 Å². The monoisotopic (exact) mass is 320 g/mol. The smallest absolute Gasteiger partial charge is 0.123 e. The lowest BCUT2D eigenvalue weighted by Gasteiger charge is -2.28. The summed E-state index contributed by atoms with van der Waals surface area (Å²) >= 11 is 0. The molecule has 0 bridgehead atoms. The van der Waals surface area contributed by atoms with Crippen LogP contribution in [-0.2, 0) is 10.8 Å². The number of aromatic hydroxyl groups is 1. The molecule has 1 aliphatic heterocycles. The third-order valence-corrected chi connectivity index (χ3v) is 5.93. The van der Waals surface area contributed by atoms with Gasteiger partial charge in [-0.05, 0) is 34.8 Å². The van der Waals surface area contributed by atoms with Gasteiger partial charge in [-0.2, -0.15) is 5.10 Å². The second-order valence-corrected chi connectivity index (χ2v) is 9.90. The van der Waals surface area contributed by atoms with E-state index >= 15 is 0 Å². The van der Waals surface area contributed by atoms with Crippen molar-refractivity contribution in [2.24, 2.45) is 5.10 Å². The molecule has 1 aromatic carbocycles. The van der Waals surface area contributed by atoms with Crippen molar-refractivity contribution in [3.63, 3.8) is 0 Å². The van der Waals surface area contributed by atoms with Gasteiger partial charge in [-0.15, -0.1) is 0 Å². The van der Waals surface area contributed by atoms with Gasteiger partial charge in [-0.3, -0.25) is 0 Å². The van der Waals surface area contributed by atoms with Gasteiger partial charge in [0.2, 0.25) is 0 Å².